The molecule has 0 atom stereocenters. The van der Waals surface area contributed by atoms with Crippen LogP contribution in [0.15, 0.2) is 23.6 Å². The highest BCUT2D eigenvalue weighted by Crippen LogP contribution is 2.38. The Morgan fingerprint density at radius 3 is 2.52 bits per heavy atom. The van der Waals surface area contributed by atoms with E-state index in [1.165, 1.54) is 18.4 Å². The monoisotopic (exact) mass is 409 g/mol. The van der Waals surface area contributed by atoms with Crippen LogP contribution in [0.2, 0.25) is 0 Å². The van der Waals surface area contributed by atoms with Gasteiger partial charge in [-0.1, -0.05) is 23.8 Å². The third-order valence-electron chi connectivity index (χ3n) is 4.04. The quantitative estimate of drug-likeness (QED) is 0.706. The Labute approximate surface area is 163 Å². The van der Waals surface area contributed by atoms with Crippen molar-refractivity contribution in [1.82, 2.24) is 0 Å². The van der Waals surface area contributed by atoms with E-state index in [0.29, 0.717) is 16.1 Å². The average Bonchev–Trinajstić information content (AvgIpc) is 2.98. The average molecular weight is 410 g/mol. The van der Waals surface area contributed by atoms with Gasteiger partial charge in [0.2, 0.25) is 5.91 Å². The molecule has 0 fully saturated rings. The van der Waals surface area contributed by atoms with Gasteiger partial charge in [0.05, 0.1) is 12.9 Å². The second-order valence-electron chi connectivity index (χ2n) is 6.45. The maximum absolute atomic E-state index is 12.4. The largest absolute Gasteiger partial charge is 0.465 e. The van der Waals surface area contributed by atoms with Crippen LogP contribution in [0.4, 0.5) is 5.00 Å². The molecule has 1 N–H and O–H groups in total. The number of benzene rings is 1. The second kappa shape index (κ2) is 8.67. The van der Waals surface area contributed by atoms with E-state index in [0.717, 1.165) is 22.9 Å². The first kappa shape index (κ1) is 21.1. The summed E-state index contributed by atoms with van der Waals surface area (Å²) in [6, 6.07) is 5.96. The number of sulfone groups is 1. The van der Waals surface area contributed by atoms with Crippen LogP contribution in [0.5, 0.6) is 0 Å². The predicted octanol–water partition coefficient (Wildman–Crippen LogP) is 3.58. The first-order valence-electron chi connectivity index (χ1n) is 8.37. The Balaban J connectivity index is 2.30. The van der Waals surface area contributed by atoms with Crippen molar-refractivity contribution in [3.63, 3.8) is 0 Å². The van der Waals surface area contributed by atoms with Crippen LogP contribution >= 0.6 is 11.3 Å². The van der Waals surface area contributed by atoms with Gasteiger partial charge in [0, 0.05) is 23.6 Å². The van der Waals surface area contributed by atoms with E-state index in [1.54, 1.807) is 0 Å². The maximum Gasteiger partial charge on any atom is 0.341 e. The maximum atomic E-state index is 12.4. The number of carbonyl (C=O) groups is 2. The molecule has 0 saturated carbocycles. The molecule has 8 heteroatoms. The molecule has 1 heterocycles. The summed E-state index contributed by atoms with van der Waals surface area (Å²) in [7, 11) is -1.81. The summed E-state index contributed by atoms with van der Waals surface area (Å²) in [5, 5.41) is 4.94. The molecule has 0 aliphatic rings. The van der Waals surface area contributed by atoms with Crippen LogP contribution in [0.1, 0.15) is 34.3 Å². The van der Waals surface area contributed by atoms with Crippen molar-refractivity contribution in [2.45, 2.75) is 26.7 Å². The molecular formula is C19H23NO5S2. The molecule has 2 rings (SSSR count). The molecule has 2 aromatic rings. The molecule has 0 bridgehead atoms. The standard InChI is InChI=1S/C19H23NO5S2/c1-12-7-8-13(2)14(10-12)15-11-26-18(17(15)19(22)25-3)20-16(21)6-5-9-27(4,23)24/h7-8,10-11H,5-6,9H2,1-4H3,(H,20,21). The lowest BCUT2D eigenvalue weighted by molar-refractivity contribution is -0.116. The number of nitrogens with one attached hydrogen (secondary N) is 1. The number of amides is 1. The normalized spacial score (nSPS) is 11.3. The zero-order valence-corrected chi connectivity index (χ0v) is 17.4. The zero-order valence-electron chi connectivity index (χ0n) is 15.8. The van der Waals surface area contributed by atoms with Crippen LogP contribution in [0.25, 0.3) is 11.1 Å². The summed E-state index contributed by atoms with van der Waals surface area (Å²) in [6.45, 7) is 3.93. The van der Waals surface area contributed by atoms with E-state index in [9.17, 15) is 18.0 Å². The predicted molar refractivity (Wildman–Crippen MR) is 108 cm³/mol. The highest BCUT2D eigenvalue weighted by Gasteiger charge is 2.23. The smallest absolute Gasteiger partial charge is 0.341 e. The van der Waals surface area contributed by atoms with Crippen molar-refractivity contribution in [3.8, 4) is 11.1 Å². The lowest BCUT2D eigenvalue weighted by atomic mass is 9.97. The molecule has 0 aliphatic heterocycles. The number of aryl methyl sites for hydroxylation is 2. The molecule has 0 radical (unpaired) electrons. The van der Waals surface area contributed by atoms with Gasteiger partial charge in [-0.05, 0) is 31.4 Å². The number of ether oxygens (including phenoxy) is 1. The fourth-order valence-electron chi connectivity index (χ4n) is 2.66. The first-order chi connectivity index (χ1) is 12.6. The van der Waals surface area contributed by atoms with Crippen LogP contribution in [-0.4, -0.2) is 39.4 Å². The van der Waals surface area contributed by atoms with E-state index in [2.05, 4.69) is 5.32 Å². The minimum absolute atomic E-state index is 0.0531. The van der Waals surface area contributed by atoms with Crippen molar-refractivity contribution < 1.29 is 22.7 Å². The van der Waals surface area contributed by atoms with Gasteiger partial charge in [-0.2, -0.15) is 0 Å². The molecule has 146 valence electrons. The van der Waals surface area contributed by atoms with Gasteiger partial charge in [-0.25, -0.2) is 13.2 Å². The van der Waals surface area contributed by atoms with Gasteiger partial charge in [0.25, 0.3) is 0 Å². The number of rotatable bonds is 7. The molecule has 1 aromatic heterocycles. The van der Waals surface area contributed by atoms with Gasteiger partial charge >= 0.3 is 5.97 Å². The van der Waals surface area contributed by atoms with E-state index >= 15 is 0 Å². The molecule has 27 heavy (non-hydrogen) atoms. The molecule has 6 nitrogen and oxygen atoms in total. The molecule has 1 aromatic carbocycles. The lowest BCUT2D eigenvalue weighted by Crippen LogP contribution is -2.15. The SMILES string of the molecule is COC(=O)c1c(-c2cc(C)ccc2C)csc1NC(=O)CCCS(C)(=O)=O. The Hall–Kier alpha value is -2.19. The van der Waals surface area contributed by atoms with E-state index in [-0.39, 0.29) is 24.5 Å². The molecule has 0 spiro atoms. The van der Waals surface area contributed by atoms with Crippen molar-refractivity contribution in [2.75, 3.05) is 24.4 Å². The minimum atomic E-state index is -3.11. The third-order valence-corrected chi connectivity index (χ3v) is 5.96. The lowest BCUT2D eigenvalue weighted by Gasteiger charge is -2.10. The van der Waals surface area contributed by atoms with Gasteiger partial charge in [-0.15, -0.1) is 11.3 Å². The van der Waals surface area contributed by atoms with Crippen molar-refractivity contribution in [3.05, 3.63) is 40.3 Å². The van der Waals surface area contributed by atoms with Crippen molar-refractivity contribution in [2.24, 2.45) is 0 Å². The molecule has 0 aliphatic carbocycles. The number of anilines is 1. The molecular weight excluding hydrogens is 386 g/mol. The third kappa shape index (κ3) is 5.64. The number of methoxy groups -OCH3 is 1. The fourth-order valence-corrected chi connectivity index (χ4v) is 4.30. The van der Waals surface area contributed by atoms with Crippen LogP contribution in [-0.2, 0) is 19.4 Å². The summed E-state index contributed by atoms with van der Waals surface area (Å²) >= 11 is 1.25. The molecule has 0 unspecified atom stereocenters. The Morgan fingerprint density at radius 2 is 1.89 bits per heavy atom. The van der Waals surface area contributed by atoms with E-state index < -0.39 is 15.8 Å². The van der Waals surface area contributed by atoms with Crippen LogP contribution in [0, 0.1) is 13.8 Å². The summed E-state index contributed by atoms with van der Waals surface area (Å²) in [4.78, 5) is 24.5. The Bertz CT molecular complexity index is 960. The Morgan fingerprint density at radius 1 is 1.19 bits per heavy atom. The van der Waals surface area contributed by atoms with Crippen molar-refractivity contribution in [1.29, 1.82) is 0 Å². The summed E-state index contributed by atoms with van der Waals surface area (Å²) in [5.41, 5.74) is 4.00. The second-order valence-corrected chi connectivity index (χ2v) is 9.58. The topological polar surface area (TPSA) is 89.5 Å². The molecule has 0 saturated heterocycles. The van der Waals surface area contributed by atoms with Gasteiger partial charge < -0.3 is 10.1 Å². The summed E-state index contributed by atoms with van der Waals surface area (Å²) in [5.74, 6) is -0.917. The molecule has 1 amide bonds. The summed E-state index contributed by atoms with van der Waals surface area (Å²) in [6.07, 6.45) is 1.42. The summed E-state index contributed by atoms with van der Waals surface area (Å²) < 4.78 is 27.3. The number of hydrogen-bond acceptors (Lipinski definition) is 6. The highest BCUT2D eigenvalue weighted by atomic mass is 32.2. The first-order valence-corrected chi connectivity index (χ1v) is 11.3. The van der Waals surface area contributed by atoms with E-state index in [4.69, 9.17) is 4.74 Å². The zero-order chi connectivity index (χ0) is 20.2. The minimum Gasteiger partial charge on any atom is -0.465 e. The van der Waals surface area contributed by atoms with Gasteiger partial charge in [0.1, 0.15) is 20.4 Å². The van der Waals surface area contributed by atoms with E-state index in [1.807, 2.05) is 37.4 Å². The number of thiophene rings is 1. The van der Waals surface area contributed by atoms with Gasteiger partial charge in [-0.3, -0.25) is 4.79 Å². The Kier molecular flexibility index (Phi) is 6.78. The van der Waals surface area contributed by atoms with Gasteiger partial charge in [0.15, 0.2) is 0 Å². The number of esters is 1. The van der Waals surface area contributed by atoms with Crippen molar-refractivity contribution >= 4 is 38.1 Å². The number of carbonyl (C=O) groups excluding carboxylic acids is 2. The highest BCUT2D eigenvalue weighted by molar-refractivity contribution is 7.90. The van der Waals surface area contributed by atoms with Crippen LogP contribution in [0.3, 0.4) is 0 Å². The number of hydrogen-bond donors (Lipinski definition) is 1. The van der Waals surface area contributed by atoms with Crippen LogP contribution < -0.4 is 5.32 Å². The fraction of sp³-hybridized carbons (Fsp3) is 0.368.